The van der Waals surface area contributed by atoms with Crippen LogP contribution >= 0.6 is 11.6 Å². The monoisotopic (exact) mass is 502 g/mol. The molecule has 1 aliphatic heterocycles. The Balaban J connectivity index is 1.59. The SMILES string of the molecule is CCC(c1ccc(F)cc1)c1cnc(C(=O)N2CC[C@@](OC)(c3c(NC=O)ccc(Cl)c3F)C2)[nH]1. The number of amides is 2. The van der Waals surface area contributed by atoms with Crippen molar-refractivity contribution in [1.82, 2.24) is 14.9 Å². The van der Waals surface area contributed by atoms with Crippen molar-refractivity contribution in [2.45, 2.75) is 31.3 Å². The zero-order chi connectivity index (χ0) is 25.2. The molecule has 7 nitrogen and oxygen atoms in total. The van der Waals surface area contributed by atoms with Gasteiger partial charge in [0.05, 0.1) is 11.6 Å². The lowest BCUT2D eigenvalue weighted by molar-refractivity contribution is -0.105. The molecule has 1 fully saturated rings. The molecule has 3 aromatic rings. The van der Waals surface area contributed by atoms with Crippen molar-refractivity contribution in [3.8, 4) is 0 Å². The van der Waals surface area contributed by atoms with E-state index >= 15 is 4.39 Å². The fourth-order valence-electron chi connectivity index (χ4n) is 4.71. The van der Waals surface area contributed by atoms with Crippen molar-refractivity contribution in [3.63, 3.8) is 0 Å². The van der Waals surface area contributed by atoms with E-state index in [0.717, 1.165) is 17.7 Å². The second kappa shape index (κ2) is 10.1. The van der Waals surface area contributed by atoms with Crippen LogP contribution in [0.2, 0.25) is 5.02 Å². The van der Waals surface area contributed by atoms with Gasteiger partial charge in [-0.2, -0.15) is 0 Å². The molecule has 1 unspecified atom stereocenters. The van der Waals surface area contributed by atoms with Gasteiger partial charge in [-0.1, -0.05) is 30.7 Å². The molecule has 184 valence electrons. The van der Waals surface area contributed by atoms with Crippen molar-refractivity contribution in [3.05, 3.63) is 81.9 Å². The molecule has 10 heteroatoms. The highest BCUT2D eigenvalue weighted by atomic mass is 35.5. The van der Waals surface area contributed by atoms with Gasteiger partial charge in [0.1, 0.15) is 17.2 Å². The average Bonchev–Trinajstić information content (AvgIpc) is 3.52. The topological polar surface area (TPSA) is 87.3 Å². The first-order valence-corrected chi connectivity index (χ1v) is 11.5. The van der Waals surface area contributed by atoms with Crippen LogP contribution in [0.25, 0.3) is 0 Å². The van der Waals surface area contributed by atoms with Gasteiger partial charge in [0.25, 0.3) is 5.91 Å². The molecule has 2 N–H and O–H groups in total. The Bertz CT molecular complexity index is 1230. The van der Waals surface area contributed by atoms with Crippen LogP contribution in [0.5, 0.6) is 0 Å². The summed E-state index contributed by atoms with van der Waals surface area (Å²) in [5, 5.41) is 2.38. The summed E-state index contributed by atoms with van der Waals surface area (Å²) in [6, 6.07) is 9.07. The fourth-order valence-corrected chi connectivity index (χ4v) is 4.87. The number of halogens is 3. The number of aromatic nitrogens is 2. The van der Waals surface area contributed by atoms with Gasteiger partial charge in [-0.25, -0.2) is 13.8 Å². The smallest absolute Gasteiger partial charge is 0.289 e. The number of hydrogen-bond donors (Lipinski definition) is 2. The molecule has 0 spiro atoms. The molecule has 2 heterocycles. The van der Waals surface area contributed by atoms with E-state index in [4.69, 9.17) is 16.3 Å². The molecule has 35 heavy (non-hydrogen) atoms. The zero-order valence-electron chi connectivity index (χ0n) is 19.3. The van der Waals surface area contributed by atoms with Gasteiger partial charge in [0.2, 0.25) is 6.41 Å². The summed E-state index contributed by atoms with van der Waals surface area (Å²) >= 11 is 6.02. The van der Waals surface area contributed by atoms with E-state index in [9.17, 15) is 14.0 Å². The van der Waals surface area contributed by atoms with Gasteiger partial charge >= 0.3 is 0 Å². The standard InChI is InChI=1S/C25H25ClF2N4O3/c1-3-17(15-4-6-16(27)7-5-15)20-12-29-23(31-20)24(34)32-11-10-25(13-32,35-2)21-19(30-14-33)9-8-18(26)22(21)28/h4-9,12,14,17H,3,10-11,13H2,1-2H3,(H,29,31)(H,30,33)/t17?,25-/m0/s1. The van der Waals surface area contributed by atoms with Gasteiger partial charge in [0, 0.05) is 49.1 Å². The Morgan fingerprint density at radius 3 is 2.71 bits per heavy atom. The van der Waals surface area contributed by atoms with E-state index in [2.05, 4.69) is 15.3 Å². The largest absolute Gasteiger partial charge is 0.371 e. The van der Waals surface area contributed by atoms with E-state index in [0.29, 0.717) is 12.8 Å². The minimum absolute atomic E-state index is 0.0400. The maximum Gasteiger partial charge on any atom is 0.289 e. The number of benzene rings is 2. The second-order valence-electron chi connectivity index (χ2n) is 8.42. The third-order valence-corrected chi connectivity index (χ3v) is 6.82. The molecule has 1 aromatic heterocycles. The van der Waals surface area contributed by atoms with E-state index in [1.807, 2.05) is 6.92 Å². The molecule has 1 saturated heterocycles. The number of ether oxygens (including phenoxy) is 1. The number of carbonyl (C=O) groups is 2. The normalized spacial score (nSPS) is 18.5. The summed E-state index contributed by atoms with van der Waals surface area (Å²) in [5.41, 5.74) is 0.757. The average molecular weight is 503 g/mol. The van der Waals surface area contributed by atoms with Gasteiger partial charge < -0.3 is 19.9 Å². The highest BCUT2D eigenvalue weighted by molar-refractivity contribution is 6.31. The molecule has 0 radical (unpaired) electrons. The van der Waals surface area contributed by atoms with E-state index in [-0.39, 0.29) is 52.8 Å². The van der Waals surface area contributed by atoms with Crippen LogP contribution < -0.4 is 5.32 Å². The number of methoxy groups -OCH3 is 1. The van der Waals surface area contributed by atoms with Gasteiger partial charge in [0.15, 0.2) is 5.82 Å². The highest BCUT2D eigenvalue weighted by Gasteiger charge is 2.46. The Hall–Kier alpha value is -3.30. The van der Waals surface area contributed by atoms with E-state index in [1.165, 1.54) is 36.3 Å². The van der Waals surface area contributed by atoms with Gasteiger partial charge in [-0.05, 0) is 36.2 Å². The minimum Gasteiger partial charge on any atom is -0.371 e. The molecule has 0 aliphatic carbocycles. The van der Waals surface area contributed by atoms with Crippen LogP contribution in [-0.4, -0.2) is 47.4 Å². The first-order chi connectivity index (χ1) is 16.8. The van der Waals surface area contributed by atoms with Crippen molar-refractivity contribution in [2.75, 3.05) is 25.5 Å². The van der Waals surface area contributed by atoms with Crippen molar-refractivity contribution < 1.29 is 23.1 Å². The molecule has 4 rings (SSSR count). The lowest BCUT2D eigenvalue weighted by Crippen LogP contribution is -2.37. The Morgan fingerprint density at radius 2 is 2.06 bits per heavy atom. The number of hydrogen-bond acceptors (Lipinski definition) is 4. The Labute approximate surface area is 206 Å². The van der Waals surface area contributed by atoms with Crippen molar-refractivity contribution in [2.24, 2.45) is 0 Å². The van der Waals surface area contributed by atoms with Crippen molar-refractivity contribution >= 4 is 29.6 Å². The molecule has 0 bridgehead atoms. The van der Waals surface area contributed by atoms with Crippen LogP contribution in [0.4, 0.5) is 14.5 Å². The first kappa shape index (κ1) is 24.8. The lowest BCUT2D eigenvalue weighted by atomic mass is 9.90. The lowest BCUT2D eigenvalue weighted by Gasteiger charge is -2.30. The molecule has 2 aromatic carbocycles. The number of imidazole rings is 1. The number of H-pyrrole nitrogens is 1. The van der Waals surface area contributed by atoms with E-state index in [1.54, 1.807) is 18.3 Å². The van der Waals surface area contributed by atoms with Gasteiger partial charge in [-0.15, -0.1) is 0 Å². The summed E-state index contributed by atoms with van der Waals surface area (Å²) in [7, 11) is 1.43. The first-order valence-electron chi connectivity index (χ1n) is 11.2. The molecule has 2 amide bonds. The van der Waals surface area contributed by atoms with Crippen LogP contribution in [0.15, 0.2) is 42.6 Å². The van der Waals surface area contributed by atoms with Gasteiger partial charge in [-0.3, -0.25) is 9.59 Å². The summed E-state index contributed by atoms with van der Waals surface area (Å²) in [6.07, 6.45) is 3.06. The quantitative estimate of drug-likeness (QED) is 0.431. The number of nitrogens with one attached hydrogen (secondary N) is 2. The number of likely N-dealkylation sites (tertiary alicyclic amines) is 1. The third kappa shape index (κ3) is 4.66. The molecule has 2 atom stereocenters. The minimum atomic E-state index is -1.20. The molecular formula is C25H25ClF2N4O3. The number of rotatable bonds is 8. The fraction of sp³-hybridized carbons (Fsp3) is 0.320. The van der Waals surface area contributed by atoms with E-state index < -0.39 is 11.4 Å². The predicted octanol–water partition coefficient (Wildman–Crippen LogP) is 4.84. The second-order valence-corrected chi connectivity index (χ2v) is 8.83. The molecular weight excluding hydrogens is 478 g/mol. The number of carbonyl (C=O) groups excluding carboxylic acids is 2. The third-order valence-electron chi connectivity index (χ3n) is 6.53. The maximum atomic E-state index is 15.1. The maximum absolute atomic E-state index is 15.1. The summed E-state index contributed by atoms with van der Waals surface area (Å²) < 4.78 is 34.2. The Morgan fingerprint density at radius 1 is 1.31 bits per heavy atom. The zero-order valence-corrected chi connectivity index (χ0v) is 20.0. The van der Waals surface area contributed by atoms with Crippen LogP contribution in [0.3, 0.4) is 0 Å². The predicted molar refractivity (Wildman–Crippen MR) is 127 cm³/mol. The van der Waals surface area contributed by atoms with Crippen LogP contribution in [-0.2, 0) is 15.1 Å². The van der Waals surface area contributed by atoms with Crippen LogP contribution in [0.1, 0.15) is 53.1 Å². The van der Waals surface area contributed by atoms with Crippen LogP contribution in [0, 0.1) is 11.6 Å². The number of nitrogens with zero attached hydrogens (tertiary/aromatic N) is 2. The summed E-state index contributed by atoms with van der Waals surface area (Å²) in [4.78, 5) is 33.3. The number of aromatic amines is 1. The Kier molecular flexibility index (Phi) is 7.18. The summed E-state index contributed by atoms with van der Waals surface area (Å²) in [5.74, 6) is -1.33. The summed E-state index contributed by atoms with van der Waals surface area (Å²) in [6.45, 7) is 2.32. The highest BCUT2D eigenvalue weighted by Crippen LogP contribution is 2.42. The molecule has 1 aliphatic rings. The number of anilines is 1. The molecule has 0 saturated carbocycles. The van der Waals surface area contributed by atoms with Crippen molar-refractivity contribution in [1.29, 1.82) is 0 Å².